The number of carbonyl (C=O) groups excluding carboxylic acids is 1. The Hall–Kier alpha value is -2.56. The first-order chi connectivity index (χ1) is 16.9. The Bertz CT molecular complexity index is 1340. The third-order valence-electron chi connectivity index (χ3n) is 4.58. The number of benzene rings is 2. The highest BCUT2D eigenvalue weighted by Crippen LogP contribution is 2.32. The van der Waals surface area contributed by atoms with Crippen LogP contribution >= 0.6 is 57.9 Å². The van der Waals surface area contributed by atoms with E-state index in [1.54, 1.807) is 48.5 Å². The molecule has 7 nitrogen and oxygen atoms in total. The van der Waals surface area contributed by atoms with Crippen LogP contribution in [0.25, 0.3) is 11.3 Å². The van der Waals surface area contributed by atoms with Crippen molar-refractivity contribution in [2.24, 2.45) is 0 Å². The topological polar surface area (TPSA) is 81.9 Å². The summed E-state index contributed by atoms with van der Waals surface area (Å²) in [5, 5.41) is 15.8. The van der Waals surface area contributed by atoms with E-state index in [1.165, 1.54) is 23.1 Å². The van der Waals surface area contributed by atoms with E-state index in [0.29, 0.717) is 49.2 Å². The number of aromatic nitrogens is 4. The molecule has 1 amide bonds. The number of hydrogen-bond donors (Lipinski definition) is 1. The first kappa shape index (κ1) is 25.5. The van der Waals surface area contributed by atoms with Gasteiger partial charge in [-0.1, -0.05) is 52.6 Å². The monoisotopic (exact) mass is 565 g/mol. The number of rotatable bonds is 10. The summed E-state index contributed by atoms with van der Waals surface area (Å²) >= 11 is 20.7. The lowest BCUT2D eigenvalue weighted by molar-refractivity contribution is -0.113. The molecule has 0 saturated heterocycles. The third-order valence-corrected chi connectivity index (χ3v) is 7.10. The zero-order valence-corrected chi connectivity index (χ0v) is 22.0. The highest BCUT2D eigenvalue weighted by molar-refractivity contribution is 7.99. The van der Waals surface area contributed by atoms with Crippen molar-refractivity contribution in [3.8, 4) is 17.0 Å². The largest absolute Gasteiger partial charge is 0.486 e. The van der Waals surface area contributed by atoms with Gasteiger partial charge in [-0.05, 0) is 42.5 Å². The highest BCUT2D eigenvalue weighted by atomic mass is 35.5. The molecule has 12 heteroatoms. The van der Waals surface area contributed by atoms with E-state index in [4.69, 9.17) is 39.5 Å². The molecule has 2 heterocycles. The van der Waals surface area contributed by atoms with Gasteiger partial charge in [0.15, 0.2) is 16.1 Å². The number of thioether (sulfide) groups is 1. The Balaban J connectivity index is 1.35. The van der Waals surface area contributed by atoms with E-state index in [-0.39, 0.29) is 18.3 Å². The zero-order chi connectivity index (χ0) is 24.8. The molecular weight excluding hydrogens is 549 g/mol. The van der Waals surface area contributed by atoms with Gasteiger partial charge in [-0.15, -0.1) is 28.1 Å². The third kappa shape index (κ3) is 6.77. The lowest BCUT2D eigenvalue weighted by Crippen LogP contribution is -2.15. The molecule has 35 heavy (non-hydrogen) atoms. The highest BCUT2D eigenvalue weighted by Gasteiger charge is 2.16. The Labute approximate surface area is 225 Å². The number of nitrogens with zero attached hydrogens (tertiary/aromatic N) is 4. The number of hydrogen-bond acceptors (Lipinski definition) is 7. The number of amides is 1. The summed E-state index contributed by atoms with van der Waals surface area (Å²) in [6.07, 6.45) is 1.73. The summed E-state index contributed by atoms with van der Waals surface area (Å²) in [5.41, 5.74) is 1.41. The average molecular weight is 567 g/mol. The van der Waals surface area contributed by atoms with Crippen molar-refractivity contribution >= 4 is 68.9 Å². The summed E-state index contributed by atoms with van der Waals surface area (Å²) in [7, 11) is 0. The van der Waals surface area contributed by atoms with Gasteiger partial charge < -0.3 is 10.1 Å². The zero-order valence-electron chi connectivity index (χ0n) is 18.1. The second-order valence-corrected chi connectivity index (χ2v) is 10.1. The molecule has 4 rings (SSSR count). The first-order valence-corrected chi connectivity index (χ1v) is 13.2. The summed E-state index contributed by atoms with van der Waals surface area (Å²) in [5.74, 6) is 1.19. The Kier molecular flexibility index (Phi) is 8.69. The van der Waals surface area contributed by atoms with Crippen LogP contribution in [-0.2, 0) is 17.9 Å². The van der Waals surface area contributed by atoms with E-state index in [0.717, 1.165) is 5.56 Å². The summed E-state index contributed by atoms with van der Waals surface area (Å²) in [6, 6.07) is 12.2. The number of ether oxygens (including phenoxy) is 1. The molecule has 0 aliphatic rings. The normalized spacial score (nSPS) is 10.8. The molecule has 0 bridgehead atoms. The molecule has 0 atom stereocenters. The smallest absolute Gasteiger partial charge is 0.236 e. The number of thiazole rings is 1. The molecule has 2 aromatic carbocycles. The molecule has 0 aliphatic carbocycles. The quantitative estimate of drug-likeness (QED) is 0.167. The van der Waals surface area contributed by atoms with Gasteiger partial charge in [0.25, 0.3) is 0 Å². The predicted octanol–water partition coefficient (Wildman–Crippen LogP) is 6.86. The molecule has 2 aromatic heterocycles. The van der Waals surface area contributed by atoms with Gasteiger partial charge in [0.05, 0.1) is 16.5 Å². The number of anilines is 1. The molecular formula is C23H18Cl3N5O2S2. The van der Waals surface area contributed by atoms with Crippen molar-refractivity contribution in [2.75, 3.05) is 11.1 Å². The second kappa shape index (κ2) is 11.9. The van der Waals surface area contributed by atoms with Crippen molar-refractivity contribution in [3.63, 3.8) is 0 Å². The molecule has 0 saturated carbocycles. The molecule has 4 aromatic rings. The number of halogens is 3. The van der Waals surface area contributed by atoms with Crippen molar-refractivity contribution in [1.82, 2.24) is 19.7 Å². The van der Waals surface area contributed by atoms with E-state index < -0.39 is 0 Å². The molecule has 180 valence electrons. The minimum atomic E-state index is -0.217. The fourth-order valence-electron chi connectivity index (χ4n) is 2.96. The Morgan fingerprint density at radius 3 is 2.66 bits per heavy atom. The standard InChI is InChI=1S/C23H18Cl3N5O2S2/c1-2-9-31-20(11-33-16-6-3-14(24)4-7-16)29-30-23(31)35-13-21(32)28-22-27-19(12-34-22)17-8-5-15(25)10-18(17)26/h2-8,10,12H,1,9,11,13H2,(H,27,28,32). The predicted molar refractivity (Wildman–Crippen MR) is 143 cm³/mol. The van der Waals surface area contributed by atoms with E-state index in [1.807, 2.05) is 9.95 Å². The summed E-state index contributed by atoms with van der Waals surface area (Å²) in [4.78, 5) is 17.0. The van der Waals surface area contributed by atoms with Crippen molar-refractivity contribution < 1.29 is 9.53 Å². The van der Waals surface area contributed by atoms with Gasteiger partial charge in [-0.25, -0.2) is 4.98 Å². The van der Waals surface area contributed by atoms with Gasteiger partial charge in [0.1, 0.15) is 12.4 Å². The Morgan fingerprint density at radius 2 is 1.91 bits per heavy atom. The van der Waals surface area contributed by atoms with Crippen LogP contribution in [0.3, 0.4) is 0 Å². The average Bonchev–Trinajstić information content (AvgIpc) is 3.44. The second-order valence-electron chi connectivity index (χ2n) is 7.04. The van der Waals surface area contributed by atoms with E-state index in [9.17, 15) is 4.79 Å². The van der Waals surface area contributed by atoms with Crippen LogP contribution in [0, 0.1) is 0 Å². The van der Waals surface area contributed by atoms with Gasteiger partial charge in [-0.3, -0.25) is 9.36 Å². The maximum absolute atomic E-state index is 12.5. The molecule has 1 N–H and O–H groups in total. The minimum Gasteiger partial charge on any atom is -0.486 e. The fourth-order valence-corrected chi connectivity index (χ4v) is 5.09. The maximum atomic E-state index is 12.5. The molecule has 0 spiro atoms. The van der Waals surface area contributed by atoms with Crippen LogP contribution in [0.4, 0.5) is 5.13 Å². The van der Waals surface area contributed by atoms with Crippen molar-refractivity contribution in [1.29, 1.82) is 0 Å². The van der Waals surface area contributed by atoms with Crippen LogP contribution in [0.15, 0.2) is 65.7 Å². The number of nitrogens with one attached hydrogen (secondary N) is 1. The number of carbonyl (C=O) groups is 1. The van der Waals surface area contributed by atoms with Crippen molar-refractivity contribution in [2.45, 2.75) is 18.3 Å². The van der Waals surface area contributed by atoms with Crippen LogP contribution in [0.2, 0.25) is 15.1 Å². The van der Waals surface area contributed by atoms with Crippen LogP contribution in [0.5, 0.6) is 5.75 Å². The molecule has 0 aliphatic heterocycles. The van der Waals surface area contributed by atoms with Gasteiger partial charge in [0.2, 0.25) is 5.91 Å². The van der Waals surface area contributed by atoms with Gasteiger partial charge in [-0.2, -0.15) is 0 Å². The maximum Gasteiger partial charge on any atom is 0.236 e. The summed E-state index contributed by atoms with van der Waals surface area (Å²) in [6.45, 7) is 4.48. The van der Waals surface area contributed by atoms with E-state index in [2.05, 4.69) is 27.1 Å². The van der Waals surface area contributed by atoms with Crippen LogP contribution in [0.1, 0.15) is 5.82 Å². The van der Waals surface area contributed by atoms with Crippen molar-refractivity contribution in [3.05, 3.63) is 81.4 Å². The fraction of sp³-hybridized carbons (Fsp3) is 0.130. The van der Waals surface area contributed by atoms with Crippen LogP contribution < -0.4 is 10.1 Å². The van der Waals surface area contributed by atoms with Gasteiger partial charge >= 0.3 is 0 Å². The molecule has 0 fully saturated rings. The summed E-state index contributed by atoms with van der Waals surface area (Å²) < 4.78 is 7.63. The lowest BCUT2D eigenvalue weighted by Gasteiger charge is -2.09. The van der Waals surface area contributed by atoms with Gasteiger partial charge in [0, 0.05) is 27.5 Å². The lowest BCUT2D eigenvalue weighted by atomic mass is 10.2. The number of allylic oxidation sites excluding steroid dienone is 1. The van der Waals surface area contributed by atoms with E-state index >= 15 is 0 Å². The Morgan fingerprint density at radius 1 is 1.14 bits per heavy atom. The minimum absolute atomic E-state index is 0.129. The van der Waals surface area contributed by atoms with Crippen LogP contribution in [-0.4, -0.2) is 31.4 Å². The first-order valence-electron chi connectivity index (χ1n) is 10.2. The molecule has 0 radical (unpaired) electrons. The molecule has 0 unspecified atom stereocenters. The SMILES string of the molecule is C=CCn1c(COc2ccc(Cl)cc2)nnc1SCC(=O)Nc1nc(-c2ccc(Cl)cc2Cl)cs1.